The van der Waals surface area contributed by atoms with Crippen molar-refractivity contribution in [2.75, 3.05) is 11.9 Å². The first-order valence-electron chi connectivity index (χ1n) is 9.52. The number of esters is 1. The lowest BCUT2D eigenvalue weighted by Gasteiger charge is -2.13. The summed E-state index contributed by atoms with van der Waals surface area (Å²) in [6.07, 6.45) is 3.73. The van der Waals surface area contributed by atoms with Crippen molar-refractivity contribution < 1.29 is 14.3 Å². The van der Waals surface area contributed by atoms with E-state index in [2.05, 4.69) is 16.4 Å². The number of amides is 1. The number of benzene rings is 2. The van der Waals surface area contributed by atoms with Gasteiger partial charge in [0, 0.05) is 29.2 Å². The van der Waals surface area contributed by atoms with Gasteiger partial charge in [-0.1, -0.05) is 35.9 Å². The lowest BCUT2D eigenvalue weighted by Crippen LogP contribution is -2.21. The SMILES string of the molecule is Cc1cc(C)c(NC(=O)COC(=O)CCCc2c[nH]c3ccccc23)c(C)c1. The van der Waals surface area contributed by atoms with Crippen molar-refractivity contribution in [3.05, 3.63) is 64.8 Å². The Kier molecular flexibility index (Phi) is 6.14. The fourth-order valence-electron chi connectivity index (χ4n) is 3.53. The van der Waals surface area contributed by atoms with Gasteiger partial charge in [0.2, 0.25) is 0 Å². The Morgan fingerprint density at radius 2 is 1.79 bits per heavy atom. The van der Waals surface area contributed by atoms with Gasteiger partial charge < -0.3 is 15.0 Å². The van der Waals surface area contributed by atoms with Crippen molar-refractivity contribution in [2.45, 2.75) is 40.0 Å². The molecule has 1 amide bonds. The summed E-state index contributed by atoms with van der Waals surface area (Å²) in [6, 6.07) is 12.1. The molecule has 0 atom stereocenters. The first kappa shape index (κ1) is 19.7. The maximum atomic E-state index is 12.1. The van der Waals surface area contributed by atoms with E-state index in [1.807, 2.05) is 57.3 Å². The number of carbonyl (C=O) groups excluding carboxylic acids is 2. The molecule has 1 aromatic heterocycles. The quantitative estimate of drug-likeness (QED) is 0.590. The summed E-state index contributed by atoms with van der Waals surface area (Å²) in [5, 5.41) is 4.02. The Hall–Kier alpha value is -3.08. The highest BCUT2D eigenvalue weighted by Crippen LogP contribution is 2.22. The molecule has 0 bridgehead atoms. The predicted octanol–water partition coefficient (Wildman–Crippen LogP) is 4.60. The van der Waals surface area contributed by atoms with E-state index < -0.39 is 0 Å². The lowest BCUT2D eigenvalue weighted by molar-refractivity contribution is -0.147. The van der Waals surface area contributed by atoms with Gasteiger partial charge in [-0.15, -0.1) is 0 Å². The summed E-state index contributed by atoms with van der Waals surface area (Å²) in [5.74, 6) is -0.674. The number of anilines is 1. The lowest BCUT2D eigenvalue weighted by atomic mass is 10.1. The average molecular weight is 378 g/mol. The molecule has 0 spiro atoms. The molecule has 0 saturated heterocycles. The topological polar surface area (TPSA) is 71.2 Å². The molecule has 28 heavy (non-hydrogen) atoms. The van der Waals surface area contributed by atoms with E-state index in [0.29, 0.717) is 6.42 Å². The molecular formula is C23H26N2O3. The largest absolute Gasteiger partial charge is 0.456 e. The number of H-pyrrole nitrogens is 1. The molecule has 0 unspecified atom stereocenters. The number of fused-ring (bicyclic) bond motifs is 1. The molecule has 2 N–H and O–H groups in total. The second-order valence-electron chi connectivity index (χ2n) is 7.20. The van der Waals surface area contributed by atoms with Gasteiger partial charge in [-0.05, 0) is 56.4 Å². The van der Waals surface area contributed by atoms with Crippen LogP contribution in [-0.2, 0) is 20.7 Å². The number of ether oxygens (including phenoxy) is 1. The highest BCUT2D eigenvalue weighted by atomic mass is 16.5. The minimum atomic E-state index is -0.354. The molecule has 3 rings (SSSR count). The van der Waals surface area contributed by atoms with Crippen LogP contribution < -0.4 is 5.32 Å². The van der Waals surface area contributed by atoms with Crippen LogP contribution in [0.15, 0.2) is 42.6 Å². The number of aromatic nitrogens is 1. The Morgan fingerprint density at radius 1 is 1.07 bits per heavy atom. The molecule has 0 aliphatic rings. The van der Waals surface area contributed by atoms with Gasteiger partial charge in [-0.2, -0.15) is 0 Å². The van der Waals surface area contributed by atoms with Gasteiger partial charge in [0.1, 0.15) is 0 Å². The van der Waals surface area contributed by atoms with Crippen molar-refractivity contribution in [1.29, 1.82) is 0 Å². The number of para-hydroxylation sites is 1. The third-order valence-corrected chi connectivity index (χ3v) is 4.81. The third-order valence-electron chi connectivity index (χ3n) is 4.81. The first-order valence-corrected chi connectivity index (χ1v) is 9.52. The molecule has 146 valence electrons. The number of nitrogens with one attached hydrogen (secondary N) is 2. The molecule has 0 saturated carbocycles. The minimum Gasteiger partial charge on any atom is -0.456 e. The zero-order valence-electron chi connectivity index (χ0n) is 16.6. The highest BCUT2D eigenvalue weighted by molar-refractivity contribution is 5.94. The maximum absolute atomic E-state index is 12.1. The molecular weight excluding hydrogens is 352 g/mol. The summed E-state index contributed by atoms with van der Waals surface area (Å²) in [4.78, 5) is 27.3. The van der Waals surface area contributed by atoms with E-state index in [4.69, 9.17) is 4.74 Å². The normalized spacial score (nSPS) is 10.8. The molecule has 0 radical (unpaired) electrons. The third kappa shape index (κ3) is 4.80. The van der Waals surface area contributed by atoms with Crippen LogP contribution in [-0.4, -0.2) is 23.5 Å². The van der Waals surface area contributed by atoms with Gasteiger partial charge in [0.15, 0.2) is 6.61 Å². The Morgan fingerprint density at radius 3 is 2.54 bits per heavy atom. The van der Waals surface area contributed by atoms with Crippen molar-refractivity contribution in [3.8, 4) is 0 Å². The number of rotatable bonds is 7. The Balaban J connectivity index is 1.43. The second kappa shape index (κ2) is 8.74. The molecule has 0 aliphatic heterocycles. The number of aromatic amines is 1. The molecule has 0 fully saturated rings. The van der Waals surface area contributed by atoms with Gasteiger partial charge in [0.05, 0.1) is 0 Å². The summed E-state index contributed by atoms with van der Waals surface area (Å²) >= 11 is 0. The predicted molar refractivity (Wildman–Crippen MR) is 111 cm³/mol. The molecule has 3 aromatic rings. The van der Waals surface area contributed by atoms with E-state index in [0.717, 1.165) is 34.3 Å². The van der Waals surface area contributed by atoms with Crippen molar-refractivity contribution in [2.24, 2.45) is 0 Å². The summed E-state index contributed by atoms with van der Waals surface area (Å²) in [7, 11) is 0. The van der Waals surface area contributed by atoms with Crippen LogP contribution in [0.2, 0.25) is 0 Å². The molecule has 0 aliphatic carbocycles. The molecule has 1 heterocycles. The van der Waals surface area contributed by atoms with Crippen LogP contribution in [0.5, 0.6) is 0 Å². The highest BCUT2D eigenvalue weighted by Gasteiger charge is 2.11. The molecule has 5 heteroatoms. The van der Waals surface area contributed by atoms with E-state index in [1.54, 1.807) is 0 Å². The van der Waals surface area contributed by atoms with E-state index in [-0.39, 0.29) is 24.9 Å². The Labute approximate surface area is 165 Å². The summed E-state index contributed by atoms with van der Waals surface area (Å²) in [5.41, 5.74) is 6.21. The fraction of sp³-hybridized carbons (Fsp3) is 0.304. The summed E-state index contributed by atoms with van der Waals surface area (Å²) in [6.45, 7) is 5.65. The van der Waals surface area contributed by atoms with Gasteiger partial charge in [-0.3, -0.25) is 9.59 Å². The average Bonchev–Trinajstić information content (AvgIpc) is 3.06. The summed E-state index contributed by atoms with van der Waals surface area (Å²) < 4.78 is 5.13. The first-order chi connectivity index (χ1) is 13.4. The minimum absolute atomic E-state index is 0.265. The number of hydrogen-bond acceptors (Lipinski definition) is 3. The second-order valence-corrected chi connectivity index (χ2v) is 7.20. The number of carbonyl (C=O) groups is 2. The maximum Gasteiger partial charge on any atom is 0.306 e. The van der Waals surface area contributed by atoms with Crippen LogP contribution in [0.4, 0.5) is 5.69 Å². The monoisotopic (exact) mass is 378 g/mol. The van der Waals surface area contributed by atoms with Gasteiger partial charge in [-0.25, -0.2) is 0 Å². The van der Waals surface area contributed by atoms with Crippen LogP contribution in [0.3, 0.4) is 0 Å². The molecule has 2 aromatic carbocycles. The van der Waals surface area contributed by atoms with Gasteiger partial charge >= 0.3 is 5.97 Å². The zero-order chi connectivity index (χ0) is 20.1. The fourth-order valence-corrected chi connectivity index (χ4v) is 3.53. The van der Waals surface area contributed by atoms with Crippen LogP contribution >= 0.6 is 0 Å². The Bertz CT molecular complexity index is 981. The zero-order valence-corrected chi connectivity index (χ0v) is 16.6. The van der Waals surface area contributed by atoms with Crippen molar-refractivity contribution in [3.63, 3.8) is 0 Å². The smallest absolute Gasteiger partial charge is 0.306 e. The molecule has 5 nitrogen and oxygen atoms in total. The van der Waals surface area contributed by atoms with Crippen molar-refractivity contribution in [1.82, 2.24) is 4.98 Å². The van der Waals surface area contributed by atoms with E-state index >= 15 is 0 Å². The van der Waals surface area contributed by atoms with E-state index in [1.165, 1.54) is 10.9 Å². The van der Waals surface area contributed by atoms with Crippen LogP contribution in [0, 0.1) is 20.8 Å². The number of hydrogen-bond donors (Lipinski definition) is 2. The van der Waals surface area contributed by atoms with Crippen molar-refractivity contribution >= 4 is 28.5 Å². The van der Waals surface area contributed by atoms with Crippen LogP contribution in [0.1, 0.15) is 35.1 Å². The van der Waals surface area contributed by atoms with Gasteiger partial charge in [0.25, 0.3) is 5.91 Å². The van der Waals surface area contributed by atoms with Crippen LogP contribution in [0.25, 0.3) is 10.9 Å². The van der Waals surface area contributed by atoms with E-state index in [9.17, 15) is 9.59 Å². The standard InChI is InChI=1S/C23H26N2O3/c1-15-11-16(2)23(17(3)12-15)25-21(26)14-28-22(27)10-6-7-18-13-24-20-9-5-4-8-19(18)20/h4-5,8-9,11-13,24H,6-7,10,14H2,1-3H3,(H,25,26). The number of aryl methyl sites for hydroxylation is 4.